The van der Waals surface area contributed by atoms with Crippen LogP contribution in [0.4, 0.5) is 18.9 Å². The molecule has 2 N–H and O–H groups in total. The lowest BCUT2D eigenvalue weighted by Gasteiger charge is -2.15. The van der Waals surface area contributed by atoms with Crippen molar-refractivity contribution in [3.8, 4) is 17.0 Å². The number of rotatable bonds is 8. The summed E-state index contributed by atoms with van der Waals surface area (Å²) in [5.41, 5.74) is 1.84. The highest BCUT2D eigenvalue weighted by molar-refractivity contribution is 5.92. The van der Waals surface area contributed by atoms with Gasteiger partial charge in [-0.25, -0.2) is 28.1 Å². The average Bonchev–Trinajstić information content (AvgIpc) is 3.33. The van der Waals surface area contributed by atoms with Gasteiger partial charge in [0.2, 0.25) is 11.8 Å². The van der Waals surface area contributed by atoms with Gasteiger partial charge < -0.3 is 10.1 Å². The lowest BCUT2D eigenvalue weighted by molar-refractivity contribution is -0.115. The van der Waals surface area contributed by atoms with Crippen LogP contribution in [0.1, 0.15) is 29.4 Å². The van der Waals surface area contributed by atoms with E-state index in [9.17, 15) is 18.0 Å². The van der Waals surface area contributed by atoms with Crippen LogP contribution in [0.3, 0.4) is 0 Å². The van der Waals surface area contributed by atoms with Crippen LogP contribution in [0.2, 0.25) is 0 Å². The molecule has 0 saturated heterocycles. The first-order chi connectivity index (χ1) is 16.7. The molecular formula is C24H21F3N6O2. The predicted molar refractivity (Wildman–Crippen MR) is 122 cm³/mol. The number of amides is 1. The van der Waals surface area contributed by atoms with Crippen molar-refractivity contribution in [1.29, 1.82) is 0 Å². The number of hydrogen-bond donors (Lipinski definition) is 2. The van der Waals surface area contributed by atoms with Crippen molar-refractivity contribution in [3.05, 3.63) is 83.6 Å². The first-order valence-electron chi connectivity index (χ1n) is 10.5. The highest BCUT2D eigenvalue weighted by atomic mass is 19.3. The number of halogens is 3. The van der Waals surface area contributed by atoms with Crippen molar-refractivity contribution in [3.63, 3.8) is 0 Å². The van der Waals surface area contributed by atoms with Crippen molar-refractivity contribution in [2.24, 2.45) is 0 Å². The molecule has 11 heteroatoms. The molecule has 3 aromatic heterocycles. The number of ether oxygens (including phenoxy) is 1. The summed E-state index contributed by atoms with van der Waals surface area (Å²) in [7, 11) is 1.23. The van der Waals surface area contributed by atoms with Gasteiger partial charge in [0, 0.05) is 37.5 Å². The molecule has 0 spiro atoms. The molecule has 0 aliphatic carbocycles. The van der Waals surface area contributed by atoms with Gasteiger partial charge >= 0.3 is 0 Å². The van der Waals surface area contributed by atoms with Crippen LogP contribution in [0, 0.1) is 5.82 Å². The van der Waals surface area contributed by atoms with E-state index in [0.29, 0.717) is 30.3 Å². The number of nitrogens with one attached hydrogen (secondary N) is 2. The quantitative estimate of drug-likeness (QED) is 0.388. The maximum atomic E-state index is 14.7. The van der Waals surface area contributed by atoms with Gasteiger partial charge in [-0.15, -0.1) is 0 Å². The number of aromatic amines is 1. The zero-order valence-corrected chi connectivity index (χ0v) is 18.8. The van der Waals surface area contributed by atoms with Crippen molar-refractivity contribution in [1.82, 2.24) is 25.1 Å². The van der Waals surface area contributed by atoms with Gasteiger partial charge in [0.25, 0.3) is 5.92 Å². The maximum absolute atomic E-state index is 14.7. The van der Waals surface area contributed by atoms with Gasteiger partial charge in [0.15, 0.2) is 0 Å². The Morgan fingerprint density at radius 2 is 1.86 bits per heavy atom. The van der Waals surface area contributed by atoms with Crippen molar-refractivity contribution in [2.45, 2.75) is 25.7 Å². The number of benzene rings is 1. The normalized spacial score (nSPS) is 11.3. The summed E-state index contributed by atoms with van der Waals surface area (Å²) in [6.45, 7) is 0.702. The van der Waals surface area contributed by atoms with E-state index in [1.54, 1.807) is 30.9 Å². The van der Waals surface area contributed by atoms with Crippen molar-refractivity contribution < 1.29 is 22.7 Å². The Morgan fingerprint density at radius 1 is 1.09 bits per heavy atom. The van der Waals surface area contributed by atoms with E-state index in [1.807, 2.05) is 0 Å². The van der Waals surface area contributed by atoms with Gasteiger partial charge in [0.1, 0.15) is 11.6 Å². The maximum Gasteiger partial charge on any atom is 0.275 e. The molecular weight excluding hydrogens is 461 g/mol. The number of aromatic nitrogens is 5. The summed E-state index contributed by atoms with van der Waals surface area (Å²) in [5.74, 6) is -4.03. The second kappa shape index (κ2) is 9.92. The Morgan fingerprint density at radius 3 is 2.49 bits per heavy atom. The Kier molecular flexibility index (Phi) is 6.76. The molecule has 0 atom stereocenters. The van der Waals surface area contributed by atoms with Crippen LogP contribution < -0.4 is 10.1 Å². The molecule has 0 unspecified atom stereocenters. The molecule has 0 radical (unpaired) electrons. The standard InChI is InChI=1S/C24H21F3N6O2/c1-24(26,27)19-8-18(13-30-23(19)35-2)33-22(34)7-16-4-3-15(6-20(16)25)17-11-28-21(29-12-17)5-14-9-31-32-10-14/h3-4,6,8-13H,5,7H2,1-2H3,(H,31,32)(H,33,34). The summed E-state index contributed by atoms with van der Waals surface area (Å²) in [6, 6.07) is 5.52. The molecule has 0 bridgehead atoms. The van der Waals surface area contributed by atoms with Crippen LogP contribution in [0.25, 0.3) is 11.1 Å². The number of hydrogen-bond acceptors (Lipinski definition) is 6. The minimum atomic E-state index is -3.22. The molecule has 1 amide bonds. The van der Waals surface area contributed by atoms with Crippen LogP contribution in [-0.2, 0) is 23.6 Å². The first-order valence-corrected chi connectivity index (χ1v) is 10.5. The Hall–Kier alpha value is -4.28. The summed E-state index contributed by atoms with van der Waals surface area (Å²) >= 11 is 0. The lowest BCUT2D eigenvalue weighted by atomic mass is 10.0. The molecule has 1 aromatic carbocycles. The van der Waals surface area contributed by atoms with Crippen molar-refractivity contribution in [2.75, 3.05) is 12.4 Å². The van der Waals surface area contributed by atoms with Gasteiger partial charge in [-0.2, -0.15) is 5.10 Å². The average molecular weight is 482 g/mol. The van der Waals surface area contributed by atoms with E-state index in [0.717, 1.165) is 11.6 Å². The summed E-state index contributed by atoms with van der Waals surface area (Å²) in [5, 5.41) is 9.07. The highest BCUT2D eigenvalue weighted by Gasteiger charge is 2.30. The molecule has 4 aromatic rings. The van der Waals surface area contributed by atoms with E-state index in [4.69, 9.17) is 4.74 Å². The largest absolute Gasteiger partial charge is 0.481 e. The zero-order valence-electron chi connectivity index (χ0n) is 18.8. The topological polar surface area (TPSA) is 106 Å². The lowest BCUT2D eigenvalue weighted by Crippen LogP contribution is -2.17. The second-order valence-corrected chi connectivity index (χ2v) is 7.87. The minimum Gasteiger partial charge on any atom is -0.481 e. The number of methoxy groups -OCH3 is 1. The summed E-state index contributed by atoms with van der Waals surface area (Å²) in [6.07, 6.45) is 8.05. The van der Waals surface area contributed by atoms with Gasteiger partial charge in [-0.05, 0) is 28.8 Å². The molecule has 0 aliphatic heterocycles. The third-order valence-electron chi connectivity index (χ3n) is 5.16. The van der Waals surface area contributed by atoms with Gasteiger partial charge in [-0.1, -0.05) is 12.1 Å². The molecule has 8 nitrogen and oxygen atoms in total. The van der Waals surface area contributed by atoms with E-state index in [2.05, 4.69) is 30.5 Å². The summed E-state index contributed by atoms with van der Waals surface area (Å²) in [4.78, 5) is 24.8. The predicted octanol–water partition coefficient (Wildman–Crippen LogP) is 4.29. The number of alkyl halides is 2. The third kappa shape index (κ3) is 5.81. The van der Waals surface area contributed by atoms with Crippen LogP contribution in [0.15, 0.2) is 55.2 Å². The third-order valence-corrected chi connectivity index (χ3v) is 5.16. The molecule has 0 fully saturated rings. The Bertz CT molecular complexity index is 1320. The number of H-pyrrole nitrogens is 1. The van der Waals surface area contributed by atoms with Crippen LogP contribution >= 0.6 is 0 Å². The van der Waals surface area contributed by atoms with E-state index in [-0.39, 0.29) is 23.6 Å². The number of carbonyl (C=O) groups is 1. The Balaban J connectivity index is 1.43. The number of pyridine rings is 1. The SMILES string of the molecule is COc1ncc(NC(=O)Cc2ccc(-c3cnc(Cc4cn[nH]c4)nc3)cc2F)cc1C(C)(F)F. The molecule has 4 rings (SSSR count). The molecule has 0 aliphatic rings. The molecule has 3 heterocycles. The number of nitrogens with zero attached hydrogens (tertiary/aromatic N) is 4. The smallest absolute Gasteiger partial charge is 0.275 e. The fraction of sp³-hybridized carbons (Fsp3) is 0.208. The number of anilines is 1. The molecule has 0 saturated carbocycles. The minimum absolute atomic E-state index is 0.0528. The zero-order chi connectivity index (χ0) is 25.0. The van der Waals surface area contributed by atoms with E-state index >= 15 is 0 Å². The first kappa shape index (κ1) is 23.9. The fourth-order valence-corrected chi connectivity index (χ4v) is 3.40. The van der Waals surface area contributed by atoms with Gasteiger partial charge in [-0.3, -0.25) is 9.89 Å². The monoisotopic (exact) mass is 482 g/mol. The van der Waals surface area contributed by atoms with E-state index in [1.165, 1.54) is 25.4 Å². The molecule has 180 valence electrons. The second-order valence-electron chi connectivity index (χ2n) is 7.87. The fourth-order valence-electron chi connectivity index (χ4n) is 3.40. The highest BCUT2D eigenvalue weighted by Crippen LogP contribution is 2.34. The van der Waals surface area contributed by atoms with E-state index < -0.39 is 23.2 Å². The Labute approximate surface area is 198 Å². The molecule has 35 heavy (non-hydrogen) atoms. The summed E-state index contributed by atoms with van der Waals surface area (Å²) < 4.78 is 47.2. The van der Waals surface area contributed by atoms with Gasteiger partial charge in [0.05, 0.1) is 37.2 Å². The van der Waals surface area contributed by atoms with Crippen molar-refractivity contribution >= 4 is 11.6 Å². The number of carbonyl (C=O) groups excluding carboxylic acids is 1. The van der Waals surface area contributed by atoms with Crippen LogP contribution in [-0.4, -0.2) is 38.2 Å². The van der Waals surface area contributed by atoms with Crippen LogP contribution in [0.5, 0.6) is 5.88 Å².